The second-order valence-corrected chi connectivity index (χ2v) is 7.95. The molecule has 170 valence electrons. The number of aromatic nitrogens is 4. The number of pyridine rings is 2. The molecule has 8 heteroatoms. The van der Waals surface area contributed by atoms with Gasteiger partial charge in [-0.05, 0) is 55.0 Å². The summed E-state index contributed by atoms with van der Waals surface area (Å²) in [4.78, 5) is 17.1. The normalized spacial score (nSPS) is 12.7. The highest BCUT2D eigenvalue weighted by Gasteiger charge is 2.30. The van der Waals surface area contributed by atoms with Gasteiger partial charge >= 0.3 is 6.18 Å². The first kappa shape index (κ1) is 21.6. The molecule has 0 fully saturated rings. The average molecular weight is 460 g/mol. The minimum Gasteiger partial charge on any atom is -0.308 e. The first-order chi connectivity index (χ1) is 16.3. The third kappa shape index (κ3) is 3.87. The zero-order valence-corrected chi connectivity index (χ0v) is 18.1. The minimum atomic E-state index is -4.41. The van der Waals surface area contributed by atoms with Gasteiger partial charge in [0.15, 0.2) is 0 Å². The third-order valence-electron chi connectivity index (χ3n) is 5.83. The van der Waals surface area contributed by atoms with Crippen molar-refractivity contribution in [2.45, 2.75) is 19.1 Å². The quantitative estimate of drug-likeness (QED) is 0.337. The van der Waals surface area contributed by atoms with Gasteiger partial charge in [0.1, 0.15) is 5.69 Å². The van der Waals surface area contributed by atoms with Crippen molar-refractivity contribution in [2.75, 3.05) is 0 Å². The minimum absolute atomic E-state index is 0.193. The number of hydrogen-bond donors (Lipinski definition) is 0. The van der Waals surface area contributed by atoms with E-state index in [1.54, 1.807) is 27.8 Å². The molecule has 0 saturated carbocycles. The van der Waals surface area contributed by atoms with Crippen LogP contribution >= 0.6 is 0 Å². The SMILES string of the molecule is C[C@@H](c1cccnc1)n1ccc(-c2nn(-c3ccc(C(F)(F)F)cc3)c3ccccc23)cc1=O. The van der Waals surface area contributed by atoms with Crippen LogP contribution in [-0.2, 0) is 6.18 Å². The topological polar surface area (TPSA) is 52.7 Å². The first-order valence-corrected chi connectivity index (χ1v) is 10.6. The van der Waals surface area contributed by atoms with Crippen LogP contribution in [0.5, 0.6) is 0 Å². The summed E-state index contributed by atoms with van der Waals surface area (Å²) in [6.45, 7) is 1.92. The Hall–Kier alpha value is -4.20. The molecule has 5 aromatic rings. The summed E-state index contributed by atoms with van der Waals surface area (Å²) in [5, 5.41) is 5.46. The van der Waals surface area contributed by atoms with E-state index < -0.39 is 11.7 Å². The second kappa shape index (κ2) is 8.30. The standard InChI is InChI=1S/C26H19F3N4O/c1-17(19-5-4-13-30-16-19)32-14-12-18(15-24(32)34)25-22-6-2-3-7-23(22)33(31-25)21-10-8-20(9-11-21)26(27,28)29/h2-17H,1H3/t17-/m0/s1. The monoisotopic (exact) mass is 460 g/mol. The van der Waals surface area contributed by atoms with E-state index in [9.17, 15) is 18.0 Å². The van der Waals surface area contributed by atoms with Crippen molar-refractivity contribution in [1.29, 1.82) is 0 Å². The lowest BCUT2D eigenvalue weighted by atomic mass is 10.1. The zero-order valence-electron chi connectivity index (χ0n) is 18.1. The Morgan fingerprint density at radius 2 is 1.71 bits per heavy atom. The van der Waals surface area contributed by atoms with Crippen LogP contribution < -0.4 is 5.56 Å². The van der Waals surface area contributed by atoms with Gasteiger partial charge < -0.3 is 4.57 Å². The number of benzene rings is 2. The van der Waals surface area contributed by atoms with Crippen LogP contribution in [0.15, 0.2) is 96.2 Å². The maximum atomic E-state index is 13.0. The van der Waals surface area contributed by atoms with E-state index in [0.717, 1.165) is 28.6 Å². The Balaban J connectivity index is 1.58. The van der Waals surface area contributed by atoms with Crippen molar-refractivity contribution in [3.63, 3.8) is 0 Å². The number of rotatable bonds is 4. The molecule has 34 heavy (non-hydrogen) atoms. The molecule has 0 amide bonds. The maximum Gasteiger partial charge on any atom is 0.416 e. The van der Waals surface area contributed by atoms with Crippen molar-refractivity contribution in [1.82, 2.24) is 19.3 Å². The molecular weight excluding hydrogens is 441 g/mol. The average Bonchev–Trinajstić information content (AvgIpc) is 3.23. The number of alkyl halides is 3. The van der Waals surface area contributed by atoms with Crippen molar-refractivity contribution in [3.05, 3.63) is 113 Å². The summed E-state index contributed by atoms with van der Waals surface area (Å²) in [6.07, 6.45) is 0.721. The molecule has 3 heterocycles. The molecule has 0 aliphatic rings. The molecule has 1 atom stereocenters. The largest absolute Gasteiger partial charge is 0.416 e. The maximum absolute atomic E-state index is 13.0. The molecule has 0 saturated heterocycles. The van der Waals surface area contributed by atoms with Crippen molar-refractivity contribution < 1.29 is 13.2 Å². The van der Waals surface area contributed by atoms with Gasteiger partial charge in [0.25, 0.3) is 5.56 Å². The molecule has 0 radical (unpaired) electrons. The van der Waals surface area contributed by atoms with Gasteiger partial charge in [0.05, 0.1) is 22.8 Å². The van der Waals surface area contributed by atoms with Crippen molar-refractivity contribution in [3.8, 4) is 16.9 Å². The third-order valence-corrected chi connectivity index (χ3v) is 5.83. The lowest BCUT2D eigenvalue weighted by Crippen LogP contribution is -2.22. The van der Waals surface area contributed by atoms with Crippen LogP contribution in [-0.4, -0.2) is 19.3 Å². The summed E-state index contributed by atoms with van der Waals surface area (Å²) in [6, 6.07) is 19.1. The van der Waals surface area contributed by atoms with E-state index in [4.69, 9.17) is 0 Å². The number of nitrogens with zero attached hydrogens (tertiary/aromatic N) is 4. The fourth-order valence-electron chi connectivity index (χ4n) is 4.01. The summed E-state index contributed by atoms with van der Waals surface area (Å²) in [5.74, 6) is 0. The van der Waals surface area contributed by atoms with Crippen molar-refractivity contribution >= 4 is 10.9 Å². The number of halogens is 3. The van der Waals surface area contributed by atoms with Crippen molar-refractivity contribution in [2.24, 2.45) is 0 Å². The molecule has 0 spiro atoms. The molecule has 0 N–H and O–H groups in total. The van der Waals surface area contributed by atoms with Gasteiger partial charge in [-0.2, -0.15) is 18.3 Å². The van der Waals surface area contributed by atoms with Crippen LogP contribution in [0.1, 0.15) is 24.1 Å². The van der Waals surface area contributed by atoms with Gasteiger partial charge in [-0.15, -0.1) is 0 Å². The van der Waals surface area contributed by atoms with Crippen LogP contribution in [0.25, 0.3) is 27.8 Å². The Morgan fingerprint density at radius 1 is 0.941 bits per heavy atom. The zero-order chi connectivity index (χ0) is 23.9. The van der Waals surface area contributed by atoms with Gasteiger partial charge in [0, 0.05) is 35.6 Å². The molecule has 2 aromatic carbocycles. The number of hydrogen-bond acceptors (Lipinski definition) is 3. The van der Waals surface area contributed by atoms with Crippen LogP contribution in [0, 0.1) is 0 Å². The van der Waals surface area contributed by atoms with E-state index >= 15 is 0 Å². The molecule has 5 nitrogen and oxygen atoms in total. The molecule has 0 aliphatic heterocycles. The fraction of sp³-hybridized carbons (Fsp3) is 0.115. The van der Waals surface area contributed by atoms with E-state index in [1.165, 1.54) is 18.2 Å². The van der Waals surface area contributed by atoms with Crippen LogP contribution in [0.2, 0.25) is 0 Å². The first-order valence-electron chi connectivity index (χ1n) is 10.6. The summed E-state index contributed by atoms with van der Waals surface area (Å²) in [7, 11) is 0. The molecule has 0 aliphatic carbocycles. The van der Waals surface area contributed by atoms with E-state index in [-0.39, 0.29) is 11.6 Å². The highest BCUT2D eigenvalue weighted by atomic mass is 19.4. The predicted octanol–water partition coefficient (Wildman–Crippen LogP) is 5.88. The summed E-state index contributed by atoms with van der Waals surface area (Å²) in [5.41, 5.74) is 2.42. The summed E-state index contributed by atoms with van der Waals surface area (Å²) < 4.78 is 42.1. The lowest BCUT2D eigenvalue weighted by Gasteiger charge is -2.15. The van der Waals surface area contributed by atoms with Crippen LogP contribution in [0.4, 0.5) is 13.2 Å². The Labute approximate surface area is 192 Å². The number of fused-ring (bicyclic) bond motifs is 1. The number of para-hydroxylation sites is 1. The lowest BCUT2D eigenvalue weighted by molar-refractivity contribution is -0.137. The highest BCUT2D eigenvalue weighted by Crippen LogP contribution is 2.32. The van der Waals surface area contributed by atoms with Gasteiger partial charge in [-0.1, -0.05) is 24.3 Å². The fourth-order valence-corrected chi connectivity index (χ4v) is 4.01. The van der Waals surface area contributed by atoms with E-state index in [0.29, 0.717) is 16.9 Å². The Kier molecular flexibility index (Phi) is 5.28. The molecule has 5 rings (SSSR count). The van der Waals surface area contributed by atoms with Gasteiger partial charge in [-0.25, -0.2) is 4.68 Å². The highest BCUT2D eigenvalue weighted by molar-refractivity contribution is 5.94. The summed E-state index contributed by atoms with van der Waals surface area (Å²) >= 11 is 0. The Morgan fingerprint density at radius 3 is 2.38 bits per heavy atom. The molecule has 3 aromatic heterocycles. The second-order valence-electron chi connectivity index (χ2n) is 7.95. The van der Waals surface area contributed by atoms with Crippen LogP contribution in [0.3, 0.4) is 0 Å². The van der Waals surface area contributed by atoms with Gasteiger partial charge in [-0.3, -0.25) is 9.78 Å². The smallest absolute Gasteiger partial charge is 0.308 e. The van der Waals surface area contributed by atoms with E-state index in [1.807, 2.05) is 49.4 Å². The van der Waals surface area contributed by atoms with Gasteiger partial charge in [0.2, 0.25) is 0 Å². The molecule has 0 unspecified atom stereocenters. The predicted molar refractivity (Wildman–Crippen MR) is 124 cm³/mol. The Bertz CT molecular complexity index is 1520. The van der Waals surface area contributed by atoms with E-state index in [2.05, 4.69) is 10.1 Å². The molecule has 0 bridgehead atoms. The molecular formula is C26H19F3N4O.